The number of hydrogen-bond donors (Lipinski definition) is 0. The molecule has 1 unspecified atom stereocenters. The number of hydrogen-bond acceptors (Lipinski definition) is 8. The lowest BCUT2D eigenvalue weighted by atomic mass is 10.0. The predicted molar refractivity (Wildman–Crippen MR) is 131 cm³/mol. The van der Waals surface area contributed by atoms with Crippen molar-refractivity contribution < 1.29 is 9.53 Å². The SMILES string of the molecule is COC(=O)c1ccc(C(C)N2CCN(c3c(C#N)c(=O)n(C)c4ccc(C#N)nc34)C[C@H]2C)cc1. The standard InChI is InChI=1S/C26H26N6O3/c1-16-15-31(11-12-32(16)17(2)18-5-7-19(8-6-18)26(34)35-4)24-21(14-28)25(33)30(3)22-10-9-20(13-27)29-23(22)24/h5-10,16-17H,11-12,15H2,1-4H3/t16-,17?/m1/s1. The lowest BCUT2D eigenvalue weighted by Crippen LogP contribution is -2.53. The van der Waals surface area contributed by atoms with Crippen LogP contribution in [0.5, 0.6) is 0 Å². The lowest BCUT2D eigenvalue weighted by molar-refractivity contribution is 0.0600. The van der Waals surface area contributed by atoms with Gasteiger partial charge in [0.25, 0.3) is 5.56 Å². The first-order valence-electron chi connectivity index (χ1n) is 11.3. The average Bonchev–Trinajstić information content (AvgIpc) is 2.89. The molecule has 3 aromatic rings. The van der Waals surface area contributed by atoms with Crippen molar-refractivity contribution in [3.8, 4) is 12.1 Å². The number of methoxy groups -OCH3 is 1. The van der Waals surface area contributed by atoms with E-state index in [1.54, 1.807) is 31.3 Å². The minimum atomic E-state index is -0.379. The Morgan fingerprint density at radius 3 is 2.46 bits per heavy atom. The summed E-state index contributed by atoms with van der Waals surface area (Å²) in [4.78, 5) is 33.5. The third-order valence-electron chi connectivity index (χ3n) is 6.75. The maximum atomic E-state index is 12.9. The summed E-state index contributed by atoms with van der Waals surface area (Å²) in [5, 5.41) is 19.2. The Bertz CT molecular complexity index is 1430. The Kier molecular flexibility index (Phi) is 6.54. The fourth-order valence-corrected chi connectivity index (χ4v) is 4.82. The Balaban J connectivity index is 1.66. The summed E-state index contributed by atoms with van der Waals surface area (Å²) in [5.41, 5.74) is 3.03. The molecule has 0 spiro atoms. The molecule has 1 aliphatic heterocycles. The number of fused-ring (bicyclic) bond motifs is 1. The zero-order chi connectivity index (χ0) is 25.3. The molecule has 178 valence electrons. The molecule has 0 saturated carbocycles. The van der Waals surface area contributed by atoms with Crippen LogP contribution in [-0.4, -0.2) is 53.2 Å². The highest BCUT2D eigenvalue weighted by Crippen LogP contribution is 2.32. The molecule has 0 radical (unpaired) electrons. The topological polar surface area (TPSA) is 115 Å². The van der Waals surface area contributed by atoms with E-state index in [0.717, 1.165) is 5.56 Å². The van der Waals surface area contributed by atoms with Gasteiger partial charge in [0, 0.05) is 38.8 Å². The van der Waals surface area contributed by atoms with Crippen LogP contribution in [0, 0.1) is 22.7 Å². The van der Waals surface area contributed by atoms with Gasteiger partial charge in [-0.25, -0.2) is 9.78 Å². The van der Waals surface area contributed by atoms with Crippen molar-refractivity contribution in [2.24, 2.45) is 7.05 Å². The van der Waals surface area contributed by atoms with E-state index in [0.29, 0.717) is 41.9 Å². The first-order valence-corrected chi connectivity index (χ1v) is 11.3. The highest BCUT2D eigenvalue weighted by molar-refractivity contribution is 5.92. The number of esters is 1. The van der Waals surface area contributed by atoms with Crippen LogP contribution in [0.2, 0.25) is 0 Å². The molecule has 35 heavy (non-hydrogen) atoms. The minimum Gasteiger partial charge on any atom is -0.465 e. The highest BCUT2D eigenvalue weighted by atomic mass is 16.5. The molecular formula is C26H26N6O3. The van der Waals surface area contributed by atoms with Gasteiger partial charge >= 0.3 is 5.97 Å². The number of aryl methyl sites for hydroxylation is 1. The second-order valence-electron chi connectivity index (χ2n) is 8.70. The number of aromatic nitrogens is 2. The molecule has 0 amide bonds. The van der Waals surface area contributed by atoms with Gasteiger partial charge in [-0.15, -0.1) is 0 Å². The lowest BCUT2D eigenvalue weighted by Gasteiger charge is -2.44. The number of pyridine rings is 2. The van der Waals surface area contributed by atoms with Crippen LogP contribution in [0.3, 0.4) is 0 Å². The van der Waals surface area contributed by atoms with Crippen molar-refractivity contribution in [3.05, 3.63) is 69.1 Å². The van der Waals surface area contributed by atoms with Gasteiger partial charge in [-0.05, 0) is 43.7 Å². The van der Waals surface area contributed by atoms with Crippen molar-refractivity contribution in [2.45, 2.75) is 25.9 Å². The van der Waals surface area contributed by atoms with E-state index in [1.165, 1.54) is 11.7 Å². The van der Waals surface area contributed by atoms with Gasteiger partial charge in [0.05, 0.1) is 23.9 Å². The monoisotopic (exact) mass is 470 g/mol. The van der Waals surface area contributed by atoms with Crippen molar-refractivity contribution in [2.75, 3.05) is 31.6 Å². The number of piperazine rings is 1. The van der Waals surface area contributed by atoms with Gasteiger partial charge in [0.1, 0.15) is 28.9 Å². The fourth-order valence-electron chi connectivity index (χ4n) is 4.82. The van der Waals surface area contributed by atoms with Crippen LogP contribution in [0.25, 0.3) is 11.0 Å². The molecule has 2 aromatic heterocycles. The molecule has 2 atom stereocenters. The number of carbonyl (C=O) groups excluding carboxylic acids is 1. The summed E-state index contributed by atoms with van der Waals surface area (Å²) < 4.78 is 6.19. The van der Waals surface area contributed by atoms with Crippen molar-refractivity contribution >= 4 is 22.7 Å². The Labute approximate surface area is 203 Å². The van der Waals surface area contributed by atoms with Crippen molar-refractivity contribution in [1.82, 2.24) is 14.5 Å². The van der Waals surface area contributed by atoms with Crippen LogP contribution in [-0.2, 0) is 11.8 Å². The summed E-state index contributed by atoms with van der Waals surface area (Å²) in [7, 11) is 2.97. The zero-order valence-corrected chi connectivity index (χ0v) is 20.1. The third kappa shape index (κ3) is 4.23. The summed E-state index contributed by atoms with van der Waals surface area (Å²) >= 11 is 0. The highest BCUT2D eigenvalue weighted by Gasteiger charge is 2.31. The van der Waals surface area contributed by atoms with E-state index in [9.17, 15) is 20.1 Å². The summed E-state index contributed by atoms with van der Waals surface area (Å²) in [5.74, 6) is -0.367. The van der Waals surface area contributed by atoms with Crippen LogP contribution in [0.15, 0.2) is 41.2 Å². The van der Waals surface area contributed by atoms with Crippen LogP contribution < -0.4 is 10.5 Å². The van der Waals surface area contributed by atoms with E-state index in [-0.39, 0.29) is 34.9 Å². The largest absolute Gasteiger partial charge is 0.465 e. The van der Waals surface area contributed by atoms with Gasteiger partial charge in [-0.1, -0.05) is 12.1 Å². The molecule has 9 heteroatoms. The van der Waals surface area contributed by atoms with Gasteiger partial charge in [0.2, 0.25) is 0 Å². The molecule has 1 saturated heterocycles. The van der Waals surface area contributed by atoms with E-state index < -0.39 is 0 Å². The van der Waals surface area contributed by atoms with Crippen LogP contribution in [0.1, 0.15) is 47.1 Å². The second kappa shape index (κ2) is 9.57. The van der Waals surface area contributed by atoms with Gasteiger partial charge in [-0.3, -0.25) is 9.69 Å². The van der Waals surface area contributed by atoms with Crippen LogP contribution >= 0.6 is 0 Å². The molecule has 4 rings (SSSR count). The van der Waals surface area contributed by atoms with E-state index in [1.807, 2.05) is 23.1 Å². The minimum absolute atomic E-state index is 0.0367. The quantitative estimate of drug-likeness (QED) is 0.535. The second-order valence-corrected chi connectivity index (χ2v) is 8.70. The molecule has 1 aliphatic rings. The van der Waals surface area contributed by atoms with Gasteiger partial charge in [-0.2, -0.15) is 10.5 Å². The molecule has 1 aromatic carbocycles. The number of anilines is 1. The van der Waals surface area contributed by atoms with E-state index in [4.69, 9.17) is 4.74 Å². The normalized spacial score (nSPS) is 17.0. The first kappa shape index (κ1) is 23.9. The molecule has 1 fully saturated rings. The smallest absolute Gasteiger partial charge is 0.337 e. The van der Waals surface area contributed by atoms with E-state index in [2.05, 4.69) is 29.8 Å². The maximum Gasteiger partial charge on any atom is 0.337 e. The Morgan fingerprint density at radius 1 is 1.14 bits per heavy atom. The van der Waals surface area contributed by atoms with Gasteiger partial charge in [0.15, 0.2) is 0 Å². The summed E-state index contributed by atoms with van der Waals surface area (Å²) in [6, 6.07) is 15.0. The molecule has 0 bridgehead atoms. The molecule has 9 nitrogen and oxygen atoms in total. The number of nitrogens with zero attached hydrogens (tertiary/aromatic N) is 6. The van der Waals surface area contributed by atoms with Crippen molar-refractivity contribution in [1.29, 1.82) is 10.5 Å². The number of carbonyl (C=O) groups is 1. The number of benzene rings is 1. The summed E-state index contributed by atoms with van der Waals surface area (Å²) in [6.07, 6.45) is 0. The third-order valence-corrected chi connectivity index (χ3v) is 6.75. The molecule has 0 aliphatic carbocycles. The Morgan fingerprint density at radius 2 is 1.86 bits per heavy atom. The number of rotatable bonds is 4. The maximum absolute atomic E-state index is 12.9. The molecule has 0 N–H and O–H groups in total. The van der Waals surface area contributed by atoms with E-state index >= 15 is 0 Å². The summed E-state index contributed by atoms with van der Waals surface area (Å²) in [6.45, 7) is 6.09. The van der Waals surface area contributed by atoms with Crippen LogP contribution in [0.4, 0.5) is 5.69 Å². The zero-order valence-electron chi connectivity index (χ0n) is 20.1. The Hall–Kier alpha value is -4.21. The first-order chi connectivity index (χ1) is 16.8. The molecular weight excluding hydrogens is 444 g/mol. The molecule has 3 heterocycles. The fraction of sp³-hybridized carbons (Fsp3) is 0.346. The number of nitriles is 2. The average molecular weight is 471 g/mol. The predicted octanol–water partition coefficient (Wildman–Crippen LogP) is 2.74. The van der Waals surface area contributed by atoms with Gasteiger partial charge < -0.3 is 14.2 Å². The number of ether oxygens (including phenoxy) is 1. The van der Waals surface area contributed by atoms with Crippen molar-refractivity contribution in [3.63, 3.8) is 0 Å².